The molecule has 2 heteroatoms. The average molecular weight is 235 g/mol. The molecule has 2 aromatic carbocycles. The van der Waals surface area contributed by atoms with Gasteiger partial charge >= 0.3 is 0 Å². The number of pyridine rings is 1. The summed E-state index contributed by atoms with van der Waals surface area (Å²) < 4.78 is 0. The minimum absolute atomic E-state index is 0.0455. The highest BCUT2D eigenvalue weighted by molar-refractivity contribution is 5.87. The lowest BCUT2D eigenvalue weighted by atomic mass is 10.0. The molecule has 3 rings (SSSR count). The van der Waals surface area contributed by atoms with Gasteiger partial charge in [0.05, 0.1) is 0 Å². The van der Waals surface area contributed by atoms with E-state index in [0.717, 1.165) is 22.1 Å². The van der Waals surface area contributed by atoms with Gasteiger partial charge in [-0.2, -0.15) is 0 Å². The largest absolute Gasteiger partial charge is 0.328 e. The van der Waals surface area contributed by atoms with Crippen molar-refractivity contribution in [1.29, 1.82) is 0 Å². The lowest BCUT2D eigenvalue weighted by Gasteiger charge is -2.04. The number of H-pyrrole nitrogens is 1. The Kier molecular flexibility index (Phi) is 2.49. The maximum absolute atomic E-state index is 11.9. The Balaban J connectivity index is 2.25. The van der Waals surface area contributed by atoms with Crippen molar-refractivity contribution >= 4 is 10.8 Å². The summed E-state index contributed by atoms with van der Waals surface area (Å²) in [4.78, 5) is 14.6. The Morgan fingerprint density at radius 3 is 2.56 bits per heavy atom. The Hall–Kier alpha value is -2.35. The van der Waals surface area contributed by atoms with Gasteiger partial charge in [-0.3, -0.25) is 4.79 Å². The first kappa shape index (κ1) is 10.8. The first-order valence-corrected chi connectivity index (χ1v) is 5.92. The Labute approximate surface area is 105 Å². The minimum Gasteiger partial charge on any atom is -0.328 e. The molecule has 0 saturated carbocycles. The van der Waals surface area contributed by atoms with E-state index in [-0.39, 0.29) is 5.56 Å². The smallest absolute Gasteiger partial charge is 0.255 e. The fourth-order valence-electron chi connectivity index (χ4n) is 2.16. The molecule has 88 valence electrons. The van der Waals surface area contributed by atoms with Crippen molar-refractivity contribution < 1.29 is 0 Å². The van der Waals surface area contributed by atoms with Gasteiger partial charge in [-0.25, -0.2) is 0 Å². The van der Waals surface area contributed by atoms with Crippen LogP contribution in [0.1, 0.15) is 5.56 Å². The van der Waals surface area contributed by atoms with E-state index in [1.165, 1.54) is 5.39 Å². The number of benzene rings is 2. The van der Waals surface area contributed by atoms with Crippen molar-refractivity contribution in [3.8, 4) is 11.1 Å². The second-order valence-electron chi connectivity index (χ2n) is 4.48. The molecular weight excluding hydrogens is 222 g/mol. The van der Waals surface area contributed by atoms with Crippen LogP contribution in [0.3, 0.4) is 0 Å². The van der Waals surface area contributed by atoms with Crippen molar-refractivity contribution in [3.05, 3.63) is 70.6 Å². The molecule has 0 atom stereocenters. The van der Waals surface area contributed by atoms with Crippen LogP contribution in [0.2, 0.25) is 0 Å². The summed E-state index contributed by atoms with van der Waals surface area (Å²) in [5.74, 6) is 0. The standard InChI is InChI=1S/C16H13NO/c1-11-8-15(16(18)17-10-11)14-7-6-12-4-2-3-5-13(12)9-14/h2-10H,1H3,(H,17,18). The number of fused-ring (bicyclic) bond motifs is 1. The van der Waals surface area contributed by atoms with Gasteiger partial charge in [-0.1, -0.05) is 36.4 Å². The Morgan fingerprint density at radius 2 is 1.72 bits per heavy atom. The zero-order chi connectivity index (χ0) is 12.5. The molecule has 0 unspecified atom stereocenters. The Morgan fingerprint density at radius 1 is 0.944 bits per heavy atom. The van der Waals surface area contributed by atoms with Gasteiger partial charge in [-0.05, 0) is 41.0 Å². The molecule has 0 fully saturated rings. The lowest BCUT2D eigenvalue weighted by molar-refractivity contribution is 1.20. The number of hydrogen-bond donors (Lipinski definition) is 1. The van der Waals surface area contributed by atoms with Crippen LogP contribution in [-0.4, -0.2) is 4.98 Å². The molecule has 1 heterocycles. The second kappa shape index (κ2) is 4.15. The summed E-state index contributed by atoms with van der Waals surface area (Å²) >= 11 is 0. The third-order valence-electron chi connectivity index (χ3n) is 3.11. The van der Waals surface area contributed by atoms with Gasteiger partial charge in [0.25, 0.3) is 5.56 Å². The van der Waals surface area contributed by atoms with E-state index in [4.69, 9.17) is 0 Å². The summed E-state index contributed by atoms with van der Waals surface area (Å²) in [6.45, 7) is 1.97. The molecule has 0 amide bonds. The van der Waals surface area contributed by atoms with E-state index in [1.807, 2.05) is 37.3 Å². The molecule has 0 bridgehead atoms. The summed E-state index contributed by atoms with van der Waals surface area (Å²) in [7, 11) is 0. The van der Waals surface area contributed by atoms with Crippen LogP contribution < -0.4 is 5.56 Å². The van der Waals surface area contributed by atoms with E-state index >= 15 is 0 Å². The molecule has 1 N–H and O–H groups in total. The first-order valence-electron chi connectivity index (χ1n) is 5.92. The molecule has 2 nitrogen and oxygen atoms in total. The number of aromatic nitrogens is 1. The summed E-state index contributed by atoms with van der Waals surface area (Å²) in [5.41, 5.74) is 2.69. The van der Waals surface area contributed by atoms with Gasteiger partial charge in [0, 0.05) is 11.8 Å². The highest BCUT2D eigenvalue weighted by Crippen LogP contribution is 2.22. The third-order valence-corrected chi connectivity index (χ3v) is 3.11. The number of aryl methyl sites for hydroxylation is 1. The Bertz CT molecular complexity index is 771. The maximum Gasteiger partial charge on any atom is 0.255 e. The number of nitrogens with one attached hydrogen (secondary N) is 1. The molecular formula is C16H13NO. The van der Waals surface area contributed by atoms with Gasteiger partial charge in [-0.15, -0.1) is 0 Å². The predicted octanol–water partition coefficient (Wildman–Crippen LogP) is 3.50. The monoisotopic (exact) mass is 235 g/mol. The van der Waals surface area contributed by atoms with Crippen molar-refractivity contribution in [2.45, 2.75) is 6.92 Å². The summed E-state index contributed by atoms with van der Waals surface area (Å²) in [6, 6.07) is 16.2. The van der Waals surface area contributed by atoms with Crippen LogP contribution in [-0.2, 0) is 0 Å². The minimum atomic E-state index is -0.0455. The number of aromatic amines is 1. The normalized spacial score (nSPS) is 10.7. The lowest BCUT2D eigenvalue weighted by Crippen LogP contribution is -2.08. The zero-order valence-electron chi connectivity index (χ0n) is 10.1. The molecule has 0 spiro atoms. The molecule has 0 radical (unpaired) electrons. The van der Waals surface area contributed by atoms with E-state index in [9.17, 15) is 4.79 Å². The van der Waals surface area contributed by atoms with E-state index in [0.29, 0.717) is 0 Å². The third kappa shape index (κ3) is 1.82. The fourth-order valence-corrected chi connectivity index (χ4v) is 2.16. The van der Waals surface area contributed by atoms with Crippen molar-refractivity contribution in [2.75, 3.05) is 0 Å². The quantitative estimate of drug-likeness (QED) is 0.688. The van der Waals surface area contributed by atoms with Crippen molar-refractivity contribution in [1.82, 2.24) is 4.98 Å². The zero-order valence-corrected chi connectivity index (χ0v) is 10.1. The maximum atomic E-state index is 11.9. The molecule has 3 aromatic rings. The van der Waals surface area contributed by atoms with Crippen LogP contribution in [0.4, 0.5) is 0 Å². The van der Waals surface area contributed by atoms with E-state index in [2.05, 4.69) is 23.2 Å². The first-order chi connectivity index (χ1) is 8.74. The molecule has 0 aliphatic carbocycles. The van der Waals surface area contributed by atoms with Crippen molar-refractivity contribution in [3.63, 3.8) is 0 Å². The number of hydrogen-bond acceptors (Lipinski definition) is 1. The van der Waals surface area contributed by atoms with E-state index < -0.39 is 0 Å². The van der Waals surface area contributed by atoms with Crippen LogP contribution in [0.15, 0.2) is 59.5 Å². The number of rotatable bonds is 1. The molecule has 0 aliphatic heterocycles. The van der Waals surface area contributed by atoms with Crippen LogP contribution in [0.25, 0.3) is 21.9 Å². The summed E-state index contributed by atoms with van der Waals surface area (Å²) in [5, 5.41) is 2.33. The molecule has 1 aromatic heterocycles. The van der Waals surface area contributed by atoms with E-state index in [1.54, 1.807) is 6.20 Å². The van der Waals surface area contributed by atoms with Crippen LogP contribution in [0.5, 0.6) is 0 Å². The highest BCUT2D eigenvalue weighted by atomic mass is 16.1. The van der Waals surface area contributed by atoms with Gasteiger partial charge < -0.3 is 4.98 Å². The molecule has 0 aliphatic rings. The van der Waals surface area contributed by atoms with Gasteiger partial charge in [0.2, 0.25) is 0 Å². The van der Waals surface area contributed by atoms with Crippen LogP contribution in [0, 0.1) is 6.92 Å². The van der Waals surface area contributed by atoms with Crippen molar-refractivity contribution in [2.24, 2.45) is 0 Å². The average Bonchev–Trinajstić information content (AvgIpc) is 2.41. The summed E-state index contributed by atoms with van der Waals surface area (Å²) in [6.07, 6.45) is 1.73. The molecule has 18 heavy (non-hydrogen) atoms. The van der Waals surface area contributed by atoms with Gasteiger partial charge in [0.15, 0.2) is 0 Å². The topological polar surface area (TPSA) is 32.9 Å². The van der Waals surface area contributed by atoms with Gasteiger partial charge in [0.1, 0.15) is 0 Å². The molecule has 0 saturated heterocycles. The SMILES string of the molecule is Cc1c[nH]c(=O)c(-c2ccc3ccccc3c2)c1. The van der Waals surface area contributed by atoms with Crippen LogP contribution >= 0.6 is 0 Å². The second-order valence-corrected chi connectivity index (χ2v) is 4.48. The highest BCUT2D eigenvalue weighted by Gasteiger charge is 2.04. The fraction of sp³-hybridized carbons (Fsp3) is 0.0625. The predicted molar refractivity (Wildman–Crippen MR) is 74.7 cm³/mol.